The maximum Gasteiger partial charge on any atom is 0.371 e. The van der Waals surface area contributed by atoms with E-state index >= 15 is 0 Å². The summed E-state index contributed by atoms with van der Waals surface area (Å²) in [5.41, 5.74) is 2.25. The van der Waals surface area contributed by atoms with Crippen LogP contribution < -0.4 is 5.32 Å². The molecule has 1 heterocycles. The van der Waals surface area contributed by atoms with Crippen molar-refractivity contribution in [2.45, 2.75) is 6.54 Å². The first-order valence-corrected chi connectivity index (χ1v) is 7.39. The van der Waals surface area contributed by atoms with E-state index in [9.17, 15) is 9.59 Å². The number of rotatable bonds is 5. The summed E-state index contributed by atoms with van der Waals surface area (Å²) in [6.07, 6.45) is 0. The lowest BCUT2D eigenvalue weighted by Crippen LogP contribution is -2.22. The Morgan fingerprint density at radius 2 is 1.75 bits per heavy atom. The standard InChI is InChI=1S/C19H15NO4/c21-18(14-6-2-1-3-7-14)20-12-13-5-4-8-15(11-13)16-9-10-17(24-16)19(22)23/h1-11H,12H2,(H,20,21)(H,22,23). The second kappa shape index (κ2) is 6.83. The van der Waals surface area contributed by atoms with Crippen molar-refractivity contribution < 1.29 is 19.1 Å². The van der Waals surface area contributed by atoms with Crippen LogP contribution >= 0.6 is 0 Å². The highest BCUT2D eigenvalue weighted by atomic mass is 16.4. The number of nitrogens with one attached hydrogen (secondary N) is 1. The summed E-state index contributed by atoms with van der Waals surface area (Å²) in [6, 6.07) is 19.4. The van der Waals surface area contributed by atoms with E-state index in [-0.39, 0.29) is 11.7 Å². The van der Waals surface area contributed by atoms with Gasteiger partial charge in [0.2, 0.25) is 5.76 Å². The summed E-state index contributed by atoms with van der Waals surface area (Å²) in [7, 11) is 0. The van der Waals surface area contributed by atoms with E-state index in [2.05, 4.69) is 5.32 Å². The predicted molar refractivity (Wildman–Crippen MR) is 88.7 cm³/mol. The van der Waals surface area contributed by atoms with E-state index in [0.717, 1.165) is 11.1 Å². The second-order valence-electron chi connectivity index (χ2n) is 5.22. The van der Waals surface area contributed by atoms with Gasteiger partial charge in [-0.3, -0.25) is 4.79 Å². The number of hydrogen-bond acceptors (Lipinski definition) is 3. The summed E-state index contributed by atoms with van der Waals surface area (Å²) < 4.78 is 5.29. The zero-order chi connectivity index (χ0) is 16.9. The Bertz CT molecular complexity index is 868. The first kappa shape index (κ1) is 15.6. The molecule has 1 aromatic heterocycles. The highest BCUT2D eigenvalue weighted by Gasteiger charge is 2.11. The Labute approximate surface area is 138 Å². The lowest BCUT2D eigenvalue weighted by atomic mass is 10.1. The Hall–Kier alpha value is -3.34. The normalized spacial score (nSPS) is 10.3. The average Bonchev–Trinajstić information content (AvgIpc) is 3.11. The molecule has 0 radical (unpaired) electrons. The maximum atomic E-state index is 12.1. The van der Waals surface area contributed by atoms with Crippen LogP contribution in [0, 0.1) is 0 Å². The van der Waals surface area contributed by atoms with Crippen LogP contribution in [-0.2, 0) is 6.54 Å². The molecule has 120 valence electrons. The molecule has 0 unspecified atom stereocenters. The first-order chi connectivity index (χ1) is 11.6. The fourth-order valence-electron chi connectivity index (χ4n) is 2.32. The van der Waals surface area contributed by atoms with Crippen molar-refractivity contribution in [3.8, 4) is 11.3 Å². The monoisotopic (exact) mass is 321 g/mol. The Morgan fingerprint density at radius 1 is 0.958 bits per heavy atom. The molecule has 0 aliphatic carbocycles. The summed E-state index contributed by atoms with van der Waals surface area (Å²) in [4.78, 5) is 22.9. The van der Waals surface area contributed by atoms with Gasteiger partial charge in [-0.15, -0.1) is 0 Å². The van der Waals surface area contributed by atoms with Crippen molar-refractivity contribution in [2.75, 3.05) is 0 Å². The van der Waals surface area contributed by atoms with Crippen molar-refractivity contribution in [2.24, 2.45) is 0 Å². The Balaban J connectivity index is 1.71. The molecule has 0 atom stereocenters. The molecule has 1 amide bonds. The summed E-state index contributed by atoms with van der Waals surface area (Å²) in [5, 5.41) is 11.8. The SMILES string of the molecule is O=C(NCc1cccc(-c2ccc(C(=O)O)o2)c1)c1ccccc1. The number of benzene rings is 2. The summed E-state index contributed by atoms with van der Waals surface area (Å²) >= 11 is 0. The van der Waals surface area contributed by atoms with Crippen LogP contribution in [0.1, 0.15) is 26.5 Å². The minimum atomic E-state index is -1.10. The molecular weight excluding hydrogens is 306 g/mol. The second-order valence-corrected chi connectivity index (χ2v) is 5.22. The molecule has 5 heteroatoms. The quantitative estimate of drug-likeness (QED) is 0.753. The predicted octanol–water partition coefficient (Wildman–Crippen LogP) is 3.57. The molecule has 24 heavy (non-hydrogen) atoms. The van der Waals surface area contributed by atoms with Crippen LogP contribution in [0.3, 0.4) is 0 Å². The van der Waals surface area contributed by atoms with Gasteiger partial charge in [0.1, 0.15) is 5.76 Å². The van der Waals surface area contributed by atoms with Gasteiger partial charge >= 0.3 is 5.97 Å². The molecule has 0 bridgehead atoms. The molecule has 0 saturated carbocycles. The molecule has 0 spiro atoms. The van der Waals surface area contributed by atoms with Crippen LogP contribution in [0.25, 0.3) is 11.3 Å². The van der Waals surface area contributed by atoms with E-state index < -0.39 is 5.97 Å². The number of carbonyl (C=O) groups is 2. The van der Waals surface area contributed by atoms with Gasteiger partial charge in [-0.25, -0.2) is 4.79 Å². The zero-order valence-electron chi connectivity index (χ0n) is 12.7. The highest BCUT2D eigenvalue weighted by Crippen LogP contribution is 2.23. The van der Waals surface area contributed by atoms with Crippen molar-refractivity contribution in [1.29, 1.82) is 0 Å². The van der Waals surface area contributed by atoms with E-state index in [0.29, 0.717) is 17.9 Å². The summed E-state index contributed by atoms with van der Waals surface area (Å²) in [6.45, 7) is 0.369. The number of carboxylic acids is 1. The Kier molecular flexibility index (Phi) is 4.43. The van der Waals surface area contributed by atoms with Gasteiger partial charge in [-0.2, -0.15) is 0 Å². The third-order valence-corrected chi connectivity index (χ3v) is 3.52. The van der Waals surface area contributed by atoms with Crippen molar-refractivity contribution >= 4 is 11.9 Å². The van der Waals surface area contributed by atoms with Crippen molar-refractivity contribution in [1.82, 2.24) is 5.32 Å². The molecule has 3 rings (SSSR count). The first-order valence-electron chi connectivity index (χ1n) is 7.39. The third-order valence-electron chi connectivity index (χ3n) is 3.52. The molecule has 3 aromatic rings. The van der Waals surface area contributed by atoms with Crippen LogP contribution in [0.5, 0.6) is 0 Å². The lowest BCUT2D eigenvalue weighted by molar-refractivity contribution is 0.0663. The highest BCUT2D eigenvalue weighted by molar-refractivity contribution is 5.94. The Morgan fingerprint density at radius 3 is 2.46 bits per heavy atom. The van der Waals surface area contributed by atoms with Gasteiger partial charge < -0.3 is 14.8 Å². The number of furan rings is 1. The van der Waals surface area contributed by atoms with Gasteiger partial charge in [-0.05, 0) is 35.9 Å². The van der Waals surface area contributed by atoms with Gasteiger partial charge in [0.15, 0.2) is 0 Å². The third kappa shape index (κ3) is 3.52. The minimum absolute atomic E-state index is 0.104. The van der Waals surface area contributed by atoms with Crippen LogP contribution in [-0.4, -0.2) is 17.0 Å². The number of amides is 1. The molecule has 0 aliphatic rings. The topological polar surface area (TPSA) is 79.5 Å². The molecule has 0 fully saturated rings. The average molecular weight is 321 g/mol. The fourth-order valence-corrected chi connectivity index (χ4v) is 2.32. The maximum absolute atomic E-state index is 12.1. The number of hydrogen-bond donors (Lipinski definition) is 2. The van der Waals surface area contributed by atoms with E-state index in [1.165, 1.54) is 6.07 Å². The van der Waals surface area contributed by atoms with Crippen molar-refractivity contribution in [3.63, 3.8) is 0 Å². The molecule has 5 nitrogen and oxygen atoms in total. The minimum Gasteiger partial charge on any atom is -0.475 e. The van der Waals surface area contributed by atoms with Gasteiger partial charge in [0.05, 0.1) is 0 Å². The fraction of sp³-hybridized carbons (Fsp3) is 0.0526. The largest absolute Gasteiger partial charge is 0.475 e. The van der Waals surface area contributed by atoms with Gasteiger partial charge in [0.25, 0.3) is 5.91 Å². The van der Waals surface area contributed by atoms with Crippen molar-refractivity contribution in [3.05, 3.63) is 83.6 Å². The smallest absolute Gasteiger partial charge is 0.371 e. The van der Waals surface area contributed by atoms with E-state index in [4.69, 9.17) is 9.52 Å². The van der Waals surface area contributed by atoms with Crippen LogP contribution in [0.15, 0.2) is 71.1 Å². The molecule has 2 N–H and O–H groups in total. The van der Waals surface area contributed by atoms with Gasteiger partial charge in [-0.1, -0.05) is 36.4 Å². The molecule has 2 aromatic carbocycles. The number of aromatic carboxylic acids is 1. The number of carboxylic acid groups (broad SMARTS) is 1. The molecular formula is C19H15NO4. The lowest BCUT2D eigenvalue weighted by Gasteiger charge is -2.06. The van der Waals surface area contributed by atoms with Crippen LogP contribution in [0.2, 0.25) is 0 Å². The van der Waals surface area contributed by atoms with Gasteiger partial charge in [0, 0.05) is 17.7 Å². The molecule has 0 aliphatic heterocycles. The number of carbonyl (C=O) groups excluding carboxylic acids is 1. The van der Waals surface area contributed by atoms with Crippen LogP contribution in [0.4, 0.5) is 0 Å². The zero-order valence-corrected chi connectivity index (χ0v) is 12.7. The van der Waals surface area contributed by atoms with E-state index in [1.807, 2.05) is 42.5 Å². The molecule has 0 saturated heterocycles. The van der Waals surface area contributed by atoms with E-state index in [1.54, 1.807) is 18.2 Å². The summed E-state index contributed by atoms with van der Waals surface area (Å²) in [5.74, 6) is -0.879.